The lowest BCUT2D eigenvalue weighted by Gasteiger charge is -2.11. The van der Waals surface area contributed by atoms with Crippen molar-refractivity contribution < 1.29 is 4.42 Å². The largest absolute Gasteiger partial charge is 0.437 e. The quantitative estimate of drug-likeness (QED) is 0.209. The van der Waals surface area contributed by atoms with Crippen molar-refractivity contribution in [3.63, 3.8) is 0 Å². The second kappa shape index (κ2) is 10.2. The van der Waals surface area contributed by atoms with Crippen molar-refractivity contribution >= 4 is 43.6 Å². The fourth-order valence-electron chi connectivity index (χ4n) is 6.16. The van der Waals surface area contributed by atoms with Crippen molar-refractivity contribution in [2.45, 2.75) is 0 Å². The van der Waals surface area contributed by atoms with Crippen molar-refractivity contribution in [1.29, 1.82) is 0 Å². The van der Waals surface area contributed by atoms with E-state index in [2.05, 4.69) is 89.9 Å². The highest BCUT2D eigenvalue weighted by molar-refractivity contribution is 6.15. The van der Waals surface area contributed by atoms with E-state index in [1.54, 1.807) is 6.20 Å². The van der Waals surface area contributed by atoms with Crippen LogP contribution < -0.4 is 0 Å². The van der Waals surface area contributed by atoms with Gasteiger partial charge in [-0.15, -0.1) is 0 Å². The molecule has 0 bridgehead atoms. The molecular formula is C40H24N4O. The molecule has 0 radical (unpaired) electrons. The standard InChI is InChI=1S/C40H24N4O/c1-2-11-27(12-3-1)37-42-38(31-19-17-26-10-5-7-14-29(26)24-31)44-39(43-37)33-21-20-32(30-18-16-25-9-4-6-13-28(25)23-30)36-35(33)34-15-8-22-41-40(34)45-36/h1-24H. The predicted molar refractivity (Wildman–Crippen MR) is 182 cm³/mol. The molecule has 0 N–H and O–H groups in total. The maximum Gasteiger partial charge on any atom is 0.227 e. The summed E-state index contributed by atoms with van der Waals surface area (Å²) in [6.45, 7) is 0. The van der Waals surface area contributed by atoms with Gasteiger partial charge in [0.15, 0.2) is 17.5 Å². The van der Waals surface area contributed by atoms with Gasteiger partial charge in [-0.3, -0.25) is 0 Å². The Balaban J connectivity index is 1.31. The molecule has 3 aromatic heterocycles. The normalized spacial score (nSPS) is 11.6. The zero-order valence-corrected chi connectivity index (χ0v) is 24.1. The van der Waals surface area contributed by atoms with Crippen LogP contribution in [0.1, 0.15) is 0 Å². The van der Waals surface area contributed by atoms with E-state index >= 15 is 0 Å². The molecule has 5 heteroatoms. The van der Waals surface area contributed by atoms with Crippen molar-refractivity contribution in [3.8, 4) is 45.3 Å². The molecule has 5 nitrogen and oxygen atoms in total. The Morgan fingerprint density at radius 1 is 0.422 bits per heavy atom. The molecule has 210 valence electrons. The first-order valence-corrected chi connectivity index (χ1v) is 14.9. The van der Waals surface area contributed by atoms with Gasteiger partial charge in [0.2, 0.25) is 5.71 Å². The smallest absolute Gasteiger partial charge is 0.227 e. The monoisotopic (exact) mass is 576 g/mol. The Hall–Kier alpha value is -6.20. The summed E-state index contributed by atoms with van der Waals surface area (Å²) >= 11 is 0. The molecule has 0 aliphatic heterocycles. The SMILES string of the molecule is c1ccc(-c2nc(-c3ccc4ccccc4c3)nc(-c3ccc(-c4ccc5ccccc5c4)c4oc5ncccc5c34)n2)cc1. The van der Waals surface area contributed by atoms with E-state index in [4.69, 9.17) is 19.4 Å². The summed E-state index contributed by atoms with van der Waals surface area (Å²) in [7, 11) is 0. The topological polar surface area (TPSA) is 64.7 Å². The Morgan fingerprint density at radius 2 is 1.02 bits per heavy atom. The molecule has 0 saturated carbocycles. The van der Waals surface area contributed by atoms with Gasteiger partial charge in [0.25, 0.3) is 0 Å². The van der Waals surface area contributed by atoms with E-state index in [1.165, 1.54) is 16.2 Å². The van der Waals surface area contributed by atoms with Crippen molar-refractivity contribution in [2.24, 2.45) is 0 Å². The van der Waals surface area contributed by atoms with Crippen LogP contribution in [0.4, 0.5) is 0 Å². The summed E-state index contributed by atoms with van der Waals surface area (Å²) < 4.78 is 6.51. The number of hydrogen-bond acceptors (Lipinski definition) is 5. The molecule has 0 amide bonds. The molecule has 0 fully saturated rings. The third-order valence-electron chi connectivity index (χ3n) is 8.37. The first-order chi connectivity index (χ1) is 22.3. The molecule has 0 aliphatic rings. The molecule has 0 spiro atoms. The number of rotatable bonds is 4. The number of nitrogens with zero attached hydrogens (tertiary/aromatic N) is 4. The third kappa shape index (κ3) is 4.33. The minimum Gasteiger partial charge on any atom is -0.437 e. The zero-order chi connectivity index (χ0) is 29.7. The Labute approximate surface area is 258 Å². The van der Waals surface area contributed by atoms with Crippen LogP contribution in [0.15, 0.2) is 150 Å². The lowest BCUT2D eigenvalue weighted by Crippen LogP contribution is -2.00. The maximum atomic E-state index is 6.51. The Kier molecular flexibility index (Phi) is 5.74. The van der Waals surface area contributed by atoms with Crippen LogP contribution in [0.25, 0.3) is 88.9 Å². The number of pyridine rings is 1. The van der Waals surface area contributed by atoms with Gasteiger partial charge < -0.3 is 4.42 Å². The molecule has 0 saturated heterocycles. The minimum atomic E-state index is 0.577. The highest BCUT2D eigenvalue weighted by atomic mass is 16.3. The van der Waals surface area contributed by atoms with Crippen molar-refractivity contribution in [1.82, 2.24) is 19.9 Å². The van der Waals surface area contributed by atoms with Crippen LogP contribution in [0, 0.1) is 0 Å². The molecule has 9 rings (SSSR count). The number of aromatic nitrogens is 4. The van der Waals surface area contributed by atoms with Gasteiger partial charge in [-0.25, -0.2) is 19.9 Å². The number of hydrogen-bond donors (Lipinski definition) is 0. The minimum absolute atomic E-state index is 0.577. The van der Waals surface area contributed by atoms with Gasteiger partial charge in [0.05, 0.1) is 0 Å². The van der Waals surface area contributed by atoms with E-state index in [0.29, 0.717) is 23.2 Å². The van der Waals surface area contributed by atoms with Gasteiger partial charge in [0, 0.05) is 39.2 Å². The Bertz CT molecular complexity index is 2550. The number of benzene rings is 6. The van der Waals surface area contributed by atoms with Crippen LogP contribution in [0.2, 0.25) is 0 Å². The average molecular weight is 577 g/mol. The molecule has 3 heterocycles. The van der Waals surface area contributed by atoms with Crippen LogP contribution in [0.5, 0.6) is 0 Å². The molecule has 0 atom stereocenters. The maximum absolute atomic E-state index is 6.51. The molecule has 9 aromatic rings. The van der Waals surface area contributed by atoms with Crippen molar-refractivity contribution in [3.05, 3.63) is 146 Å². The highest BCUT2D eigenvalue weighted by Crippen LogP contribution is 2.41. The first kappa shape index (κ1) is 25.3. The lowest BCUT2D eigenvalue weighted by molar-refractivity contribution is 0.655. The number of fused-ring (bicyclic) bond motifs is 5. The number of furan rings is 1. The summed E-state index contributed by atoms with van der Waals surface area (Å²) in [4.78, 5) is 19.7. The van der Waals surface area contributed by atoms with Crippen LogP contribution in [0.3, 0.4) is 0 Å². The predicted octanol–water partition coefficient (Wildman–Crippen LogP) is 10.1. The zero-order valence-electron chi connectivity index (χ0n) is 24.1. The molecule has 0 aliphatic carbocycles. The molecule has 0 unspecified atom stereocenters. The van der Waals surface area contributed by atoms with Gasteiger partial charge >= 0.3 is 0 Å². The van der Waals surface area contributed by atoms with Crippen molar-refractivity contribution in [2.75, 3.05) is 0 Å². The van der Waals surface area contributed by atoms with Gasteiger partial charge in [-0.05, 0) is 63.5 Å². The fourth-order valence-corrected chi connectivity index (χ4v) is 6.16. The first-order valence-electron chi connectivity index (χ1n) is 14.9. The second-order valence-corrected chi connectivity index (χ2v) is 11.1. The van der Waals surface area contributed by atoms with Gasteiger partial charge in [-0.2, -0.15) is 0 Å². The van der Waals surface area contributed by atoms with Crippen LogP contribution in [-0.2, 0) is 0 Å². The lowest BCUT2D eigenvalue weighted by atomic mass is 9.96. The van der Waals surface area contributed by atoms with E-state index in [-0.39, 0.29) is 0 Å². The fraction of sp³-hybridized carbons (Fsp3) is 0. The molecular weight excluding hydrogens is 552 g/mol. The van der Waals surface area contributed by atoms with E-state index in [1.807, 2.05) is 54.6 Å². The van der Waals surface area contributed by atoms with Gasteiger partial charge in [-0.1, -0.05) is 103 Å². The summed E-state index contributed by atoms with van der Waals surface area (Å²) in [5.41, 5.74) is 6.11. The van der Waals surface area contributed by atoms with E-state index in [0.717, 1.165) is 49.6 Å². The summed E-state index contributed by atoms with van der Waals surface area (Å²) in [5.74, 6) is 1.80. The summed E-state index contributed by atoms with van der Waals surface area (Å²) in [6, 6.07) is 47.8. The van der Waals surface area contributed by atoms with Crippen LogP contribution in [-0.4, -0.2) is 19.9 Å². The molecule has 45 heavy (non-hydrogen) atoms. The summed E-state index contributed by atoms with van der Waals surface area (Å²) in [6.07, 6.45) is 1.76. The second-order valence-electron chi connectivity index (χ2n) is 11.1. The highest BCUT2D eigenvalue weighted by Gasteiger charge is 2.21. The van der Waals surface area contributed by atoms with E-state index in [9.17, 15) is 0 Å². The Morgan fingerprint density at radius 3 is 1.78 bits per heavy atom. The van der Waals surface area contributed by atoms with Crippen LogP contribution >= 0.6 is 0 Å². The average Bonchev–Trinajstić information content (AvgIpc) is 3.51. The van der Waals surface area contributed by atoms with E-state index < -0.39 is 0 Å². The molecule has 6 aromatic carbocycles. The van der Waals surface area contributed by atoms with Gasteiger partial charge in [0.1, 0.15) is 5.58 Å². The third-order valence-corrected chi connectivity index (χ3v) is 8.37. The summed E-state index contributed by atoms with van der Waals surface area (Å²) in [5, 5.41) is 6.51.